The Kier molecular flexibility index (Phi) is 3.61. The van der Waals surface area contributed by atoms with E-state index >= 15 is 0 Å². The first-order chi connectivity index (χ1) is 9.08. The van der Waals surface area contributed by atoms with E-state index in [1.165, 1.54) is 35.4 Å². The number of pyridine rings is 1. The molecule has 1 aromatic heterocycles. The Hall–Kier alpha value is -2.63. The van der Waals surface area contributed by atoms with Crippen molar-refractivity contribution in [2.45, 2.75) is 0 Å². The molecule has 1 heterocycles. The summed E-state index contributed by atoms with van der Waals surface area (Å²) in [5.74, 6) is -0.357. The van der Waals surface area contributed by atoms with Gasteiger partial charge in [0.25, 0.3) is 0 Å². The van der Waals surface area contributed by atoms with Gasteiger partial charge in [0.1, 0.15) is 5.82 Å². The smallest absolute Gasteiger partial charge is 0.326 e. The minimum Gasteiger partial charge on any atom is -0.396 e. The zero-order chi connectivity index (χ0) is 13.8. The zero-order valence-electron chi connectivity index (χ0n) is 10.3. The SMILES string of the molecule is CN(C(=O)Nc1ccc(F)cc1)c1ccncc1N. The van der Waals surface area contributed by atoms with E-state index in [9.17, 15) is 9.18 Å². The van der Waals surface area contributed by atoms with Gasteiger partial charge in [-0.05, 0) is 30.3 Å². The summed E-state index contributed by atoms with van der Waals surface area (Å²) in [6.45, 7) is 0. The number of carbonyl (C=O) groups excluding carboxylic acids is 1. The number of carbonyl (C=O) groups is 1. The number of nitrogens with two attached hydrogens (primary N) is 1. The Morgan fingerprint density at radius 3 is 2.63 bits per heavy atom. The summed E-state index contributed by atoms with van der Waals surface area (Å²) in [6, 6.07) is 6.78. The van der Waals surface area contributed by atoms with E-state index in [2.05, 4.69) is 10.3 Å². The quantitative estimate of drug-likeness (QED) is 0.871. The molecule has 0 atom stereocenters. The lowest BCUT2D eigenvalue weighted by Crippen LogP contribution is -2.31. The molecule has 2 aromatic rings. The van der Waals surface area contributed by atoms with Gasteiger partial charge in [0.2, 0.25) is 0 Å². The van der Waals surface area contributed by atoms with Crippen LogP contribution in [0.5, 0.6) is 0 Å². The Morgan fingerprint density at radius 1 is 1.32 bits per heavy atom. The van der Waals surface area contributed by atoms with Crippen LogP contribution in [0.1, 0.15) is 0 Å². The van der Waals surface area contributed by atoms with Crippen LogP contribution in [0, 0.1) is 5.82 Å². The number of nitrogen functional groups attached to an aromatic ring is 1. The van der Waals surface area contributed by atoms with E-state index in [1.54, 1.807) is 19.3 Å². The van der Waals surface area contributed by atoms with Gasteiger partial charge in [-0.3, -0.25) is 9.88 Å². The highest BCUT2D eigenvalue weighted by molar-refractivity contribution is 6.02. The minimum absolute atomic E-state index is 0.357. The average molecular weight is 260 g/mol. The lowest BCUT2D eigenvalue weighted by Gasteiger charge is -2.19. The second-order valence-corrected chi connectivity index (χ2v) is 3.93. The van der Waals surface area contributed by atoms with Crippen LogP contribution in [0.15, 0.2) is 42.7 Å². The van der Waals surface area contributed by atoms with Gasteiger partial charge >= 0.3 is 6.03 Å². The minimum atomic E-state index is -0.371. The van der Waals surface area contributed by atoms with E-state index in [4.69, 9.17) is 5.73 Å². The summed E-state index contributed by atoms with van der Waals surface area (Å²) in [7, 11) is 1.59. The van der Waals surface area contributed by atoms with Crippen molar-refractivity contribution < 1.29 is 9.18 Å². The molecule has 0 aliphatic carbocycles. The van der Waals surface area contributed by atoms with Gasteiger partial charge in [-0.25, -0.2) is 9.18 Å². The molecule has 3 N–H and O–H groups in total. The molecule has 0 saturated heterocycles. The summed E-state index contributed by atoms with van der Waals surface area (Å²) in [4.78, 5) is 17.2. The molecule has 0 saturated carbocycles. The Labute approximate surface area is 109 Å². The number of anilines is 3. The van der Waals surface area contributed by atoms with Crippen molar-refractivity contribution >= 4 is 23.1 Å². The topological polar surface area (TPSA) is 71.2 Å². The van der Waals surface area contributed by atoms with E-state index in [0.717, 1.165) is 0 Å². The van der Waals surface area contributed by atoms with Gasteiger partial charge in [0, 0.05) is 18.9 Å². The third-order valence-electron chi connectivity index (χ3n) is 2.59. The van der Waals surface area contributed by atoms with Crippen molar-refractivity contribution in [1.82, 2.24) is 4.98 Å². The van der Waals surface area contributed by atoms with Crippen LogP contribution in [0.25, 0.3) is 0 Å². The molecule has 0 unspecified atom stereocenters. The first-order valence-electron chi connectivity index (χ1n) is 5.57. The summed E-state index contributed by atoms with van der Waals surface area (Å²) in [6.07, 6.45) is 3.02. The fourth-order valence-corrected chi connectivity index (χ4v) is 1.55. The molecule has 2 rings (SSSR count). The number of amides is 2. The standard InChI is InChI=1S/C13H13FN4O/c1-18(12-6-7-16-8-11(12)15)13(19)17-10-4-2-9(14)3-5-10/h2-8H,15H2,1H3,(H,17,19). The summed E-state index contributed by atoms with van der Waals surface area (Å²) in [5.41, 5.74) is 7.20. The first-order valence-corrected chi connectivity index (χ1v) is 5.57. The number of hydrogen-bond acceptors (Lipinski definition) is 3. The molecule has 0 aliphatic rings. The van der Waals surface area contributed by atoms with Crippen LogP contribution in [-0.2, 0) is 0 Å². The number of hydrogen-bond donors (Lipinski definition) is 2. The third kappa shape index (κ3) is 2.98. The largest absolute Gasteiger partial charge is 0.396 e. The van der Waals surface area contributed by atoms with Crippen LogP contribution >= 0.6 is 0 Å². The van der Waals surface area contributed by atoms with Crippen LogP contribution in [0.2, 0.25) is 0 Å². The summed E-state index contributed by atoms with van der Waals surface area (Å²) < 4.78 is 12.8. The highest BCUT2D eigenvalue weighted by Gasteiger charge is 2.13. The van der Waals surface area contributed by atoms with Crippen LogP contribution in [0.3, 0.4) is 0 Å². The summed E-state index contributed by atoms with van der Waals surface area (Å²) in [5, 5.41) is 2.64. The monoisotopic (exact) mass is 260 g/mol. The van der Waals surface area contributed by atoms with E-state index in [1.807, 2.05) is 0 Å². The maximum Gasteiger partial charge on any atom is 0.326 e. The van der Waals surface area contributed by atoms with Crippen LogP contribution in [-0.4, -0.2) is 18.1 Å². The maximum atomic E-state index is 12.8. The number of rotatable bonds is 2. The molecule has 6 heteroatoms. The maximum absolute atomic E-state index is 12.8. The lowest BCUT2D eigenvalue weighted by atomic mass is 10.3. The van der Waals surface area contributed by atoms with Gasteiger partial charge < -0.3 is 11.1 Å². The number of aromatic nitrogens is 1. The molecular formula is C13H13FN4O. The van der Waals surface area contributed by atoms with Gasteiger partial charge in [-0.2, -0.15) is 0 Å². The number of halogens is 1. The van der Waals surface area contributed by atoms with Crippen molar-refractivity contribution in [1.29, 1.82) is 0 Å². The molecule has 0 aliphatic heterocycles. The molecule has 98 valence electrons. The predicted octanol–water partition coefficient (Wildman–Crippen LogP) is 2.47. The van der Waals surface area contributed by atoms with Crippen molar-refractivity contribution in [3.05, 3.63) is 48.5 Å². The third-order valence-corrected chi connectivity index (χ3v) is 2.59. The van der Waals surface area contributed by atoms with Crippen molar-refractivity contribution in [3.63, 3.8) is 0 Å². The lowest BCUT2D eigenvalue weighted by molar-refractivity contribution is 0.258. The molecule has 0 spiro atoms. The number of nitrogens with one attached hydrogen (secondary N) is 1. The molecule has 0 radical (unpaired) electrons. The number of benzene rings is 1. The Bertz CT molecular complexity index is 585. The molecule has 0 fully saturated rings. The average Bonchev–Trinajstić information content (AvgIpc) is 2.41. The molecule has 5 nitrogen and oxygen atoms in total. The van der Waals surface area contributed by atoms with Crippen molar-refractivity contribution in [3.8, 4) is 0 Å². The highest BCUT2D eigenvalue weighted by atomic mass is 19.1. The van der Waals surface area contributed by atoms with Gasteiger partial charge in [0.15, 0.2) is 0 Å². The number of urea groups is 1. The van der Waals surface area contributed by atoms with Gasteiger partial charge in [-0.15, -0.1) is 0 Å². The molecule has 1 aromatic carbocycles. The van der Waals surface area contributed by atoms with E-state index in [-0.39, 0.29) is 11.8 Å². The molecule has 19 heavy (non-hydrogen) atoms. The summed E-state index contributed by atoms with van der Waals surface area (Å²) >= 11 is 0. The Balaban J connectivity index is 2.12. The van der Waals surface area contributed by atoms with Crippen LogP contribution in [0.4, 0.5) is 26.2 Å². The van der Waals surface area contributed by atoms with E-state index in [0.29, 0.717) is 17.1 Å². The van der Waals surface area contributed by atoms with E-state index < -0.39 is 0 Å². The van der Waals surface area contributed by atoms with Crippen LogP contribution < -0.4 is 16.0 Å². The zero-order valence-corrected chi connectivity index (χ0v) is 10.3. The molecule has 0 bridgehead atoms. The van der Waals surface area contributed by atoms with Crippen molar-refractivity contribution in [2.24, 2.45) is 0 Å². The fourth-order valence-electron chi connectivity index (χ4n) is 1.55. The predicted molar refractivity (Wildman–Crippen MR) is 72.5 cm³/mol. The molecular weight excluding hydrogens is 247 g/mol. The van der Waals surface area contributed by atoms with Gasteiger partial charge in [0.05, 0.1) is 17.6 Å². The van der Waals surface area contributed by atoms with Gasteiger partial charge in [-0.1, -0.05) is 0 Å². The second kappa shape index (κ2) is 5.34. The first kappa shape index (κ1) is 12.8. The fraction of sp³-hybridized carbons (Fsp3) is 0.0769. The Morgan fingerprint density at radius 2 is 2.00 bits per heavy atom. The highest BCUT2D eigenvalue weighted by Crippen LogP contribution is 2.20. The molecule has 2 amide bonds. The normalized spacial score (nSPS) is 10.0. The second-order valence-electron chi connectivity index (χ2n) is 3.93. The van der Waals surface area contributed by atoms with Crippen molar-refractivity contribution in [2.75, 3.05) is 23.0 Å². The number of nitrogens with zero attached hydrogens (tertiary/aromatic N) is 2.